The van der Waals surface area contributed by atoms with Crippen molar-refractivity contribution in [2.24, 2.45) is 11.8 Å². The number of piperidine rings is 2. The van der Waals surface area contributed by atoms with Gasteiger partial charge in [0.15, 0.2) is 11.4 Å². The third kappa shape index (κ3) is 16.3. The van der Waals surface area contributed by atoms with Crippen LogP contribution in [0.1, 0.15) is 105 Å². The number of benzene rings is 2. The summed E-state index contributed by atoms with van der Waals surface area (Å²) < 4.78 is 0. The third-order valence-corrected chi connectivity index (χ3v) is 17.5. The van der Waals surface area contributed by atoms with E-state index in [-0.39, 0.29) is 31.8 Å². The van der Waals surface area contributed by atoms with Gasteiger partial charge in [-0.3, -0.25) is 57.5 Å². The summed E-state index contributed by atoms with van der Waals surface area (Å²) >= 11 is 0. The molecule has 8 N–H and O–H groups in total. The van der Waals surface area contributed by atoms with E-state index in [1.54, 1.807) is 62.4 Å². The molecule has 3 saturated heterocycles. The Hall–Kier alpha value is -9.50. The van der Waals surface area contributed by atoms with Crippen LogP contribution in [-0.2, 0) is 47.9 Å². The van der Waals surface area contributed by atoms with Crippen LogP contribution in [0.4, 0.5) is 0 Å². The molecule has 3 aliphatic heterocycles. The Balaban J connectivity index is 1.08. The number of nitrogens with one attached hydrogen (secondary N) is 6. The molecular weight excluding hydrogens is 1180 g/mol. The SMILES string of the molecule is CC(C)[C@H]1C(=O)NC[C@@H](NC(=O)c2nc3ccccc3cc2O)C(=O)N2CCCC[C@H]2C(=O)NCC(=O)N(C)CC(=O)N(C)[C@@H](C2CCCCC2)C(=O)NC[C@@H](NC(=O)c2nc3ccccc3cc2O)C(=O)N2CCCC[C@H]2C(=O)NCC(=O)N(C)CC(=O)N1C. The molecule has 4 aliphatic rings. The number of hydrogen-bond donors (Lipinski definition) is 8. The van der Waals surface area contributed by atoms with Crippen molar-refractivity contribution in [2.45, 2.75) is 121 Å². The summed E-state index contributed by atoms with van der Waals surface area (Å²) in [6.45, 7) is -0.179. The molecule has 28 nitrogen and oxygen atoms in total. The lowest BCUT2D eigenvalue weighted by Gasteiger charge is -2.38. The highest BCUT2D eigenvalue weighted by atomic mass is 16.3. The molecule has 4 aromatic rings. The van der Waals surface area contributed by atoms with E-state index in [9.17, 15) is 67.7 Å². The van der Waals surface area contributed by atoms with Crippen molar-refractivity contribution in [3.8, 4) is 11.5 Å². The zero-order chi connectivity index (χ0) is 65.8. The van der Waals surface area contributed by atoms with Gasteiger partial charge >= 0.3 is 0 Å². The van der Waals surface area contributed by atoms with Gasteiger partial charge in [-0.05, 0) is 87.5 Å². The Labute approximate surface area is 526 Å². The number of fused-ring (bicyclic) bond motifs is 4. The molecule has 0 radical (unpaired) electrons. The summed E-state index contributed by atoms with van der Waals surface area (Å²) in [4.78, 5) is 187. The summed E-state index contributed by atoms with van der Waals surface area (Å²) in [7, 11) is 5.42. The van der Waals surface area contributed by atoms with Crippen LogP contribution < -0.4 is 31.9 Å². The van der Waals surface area contributed by atoms with Crippen molar-refractivity contribution in [2.75, 3.05) is 80.5 Å². The molecule has 2 aromatic carbocycles. The predicted octanol–water partition coefficient (Wildman–Crippen LogP) is 0.139. The van der Waals surface area contributed by atoms with E-state index in [1.807, 2.05) is 0 Å². The molecule has 0 spiro atoms. The van der Waals surface area contributed by atoms with E-state index in [2.05, 4.69) is 41.9 Å². The number of para-hydroxylation sites is 2. The Morgan fingerprint density at radius 2 is 0.934 bits per heavy atom. The summed E-state index contributed by atoms with van der Waals surface area (Å²) in [6, 6.07) is 8.12. The van der Waals surface area contributed by atoms with Gasteiger partial charge in [-0.2, -0.15) is 0 Å². The maximum atomic E-state index is 15.0. The average Bonchev–Trinajstić information content (AvgIpc) is 0.909. The Kier molecular flexibility index (Phi) is 22.5. The Morgan fingerprint density at radius 1 is 0.516 bits per heavy atom. The van der Waals surface area contributed by atoms with Gasteiger partial charge in [0, 0.05) is 65.1 Å². The summed E-state index contributed by atoms with van der Waals surface area (Å²) in [5, 5.41) is 39.0. The molecule has 5 heterocycles. The number of rotatable bonds is 6. The number of carbonyl (C=O) groups is 12. The zero-order valence-corrected chi connectivity index (χ0v) is 52.2. The second-order valence-corrected chi connectivity index (χ2v) is 24.2. The lowest BCUT2D eigenvalue weighted by Crippen LogP contribution is -2.61. The van der Waals surface area contributed by atoms with E-state index in [4.69, 9.17) is 0 Å². The van der Waals surface area contributed by atoms with Gasteiger partial charge in [-0.1, -0.05) is 69.5 Å². The quantitative estimate of drug-likeness (QED) is 0.127. The molecule has 28 heteroatoms. The van der Waals surface area contributed by atoms with Crippen LogP contribution in [0.15, 0.2) is 60.7 Å². The molecule has 6 atom stereocenters. The highest BCUT2D eigenvalue weighted by Gasteiger charge is 2.42. The first-order valence-corrected chi connectivity index (χ1v) is 30.9. The lowest BCUT2D eigenvalue weighted by molar-refractivity contribution is -0.146. The van der Waals surface area contributed by atoms with Crippen molar-refractivity contribution in [3.63, 3.8) is 0 Å². The van der Waals surface area contributed by atoms with Gasteiger partial charge in [-0.25, -0.2) is 9.97 Å². The molecule has 12 amide bonds. The number of nitrogens with zero attached hydrogens (tertiary/aromatic N) is 8. The van der Waals surface area contributed by atoms with Gasteiger partial charge < -0.3 is 71.5 Å². The van der Waals surface area contributed by atoms with Gasteiger partial charge in [0.2, 0.25) is 59.1 Å². The number of aromatic hydroxyl groups is 2. The van der Waals surface area contributed by atoms with Crippen molar-refractivity contribution in [1.82, 2.24) is 71.3 Å². The minimum Gasteiger partial charge on any atom is -0.505 e. The van der Waals surface area contributed by atoms with Crippen LogP contribution in [0, 0.1) is 11.8 Å². The van der Waals surface area contributed by atoms with E-state index >= 15 is 0 Å². The van der Waals surface area contributed by atoms with Crippen molar-refractivity contribution in [1.29, 1.82) is 0 Å². The number of pyridine rings is 2. The topological polar surface area (TPSA) is 363 Å². The van der Waals surface area contributed by atoms with E-state index < -0.39 is 175 Å². The first kappa shape index (κ1) is 67.4. The number of amides is 12. The van der Waals surface area contributed by atoms with Gasteiger partial charge in [0.05, 0.1) is 37.2 Å². The monoisotopic (exact) mass is 1260 g/mol. The number of likely N-dealkylation sites (N-methyl/N-ethyl adjacent to an activating group) is 4. The minimum atomic E-state index is -1.61. The van der Waals surface area contributed by atoms with Crippen LogP contribution in [0.2, 0.25) is 0 Å². The van der Waals surface area contributed by atoms with Crippen molar-refractivity contribution >= 4 is 92.7 Å². The maximum absolute atomic E-state index is 15.0. The first-order chi connectivity index (χ1) is 43.4. The maximum Gasteiger partial charge on any atom is 0.274 e. The molecule has 488 valence electrons. The highest BCUT2D eigenvalue weighted by Crippen LogP contribution is 2.30. The third-order valence-electron chi connectivity index (χ3n) is 17.5. The highest BCUT2D eigenvalue weighted by molar-refractivity contribution is 6.03. The molecule has 91 heavy (non-hydrogen) atoms. The number of aromatic nitrogens is 2. The van der Waals surface area contributed by atoms with Crippen molar-refractivity contribution < 1.29 is 67.7 Å². The van der Waals surface area contributed by atoms with Crippen LogP contribution in [0.5, 0.6) is 11.5 Å². The normalized spacial score (nSPS) is 23.8. The fourth-order valence-electron chi connectivity index (χ4n) is 12.4. The summed E-state index contributed by atoms with van der Waals surface area (Å²) in [5.41, 5.74) is -0.152. The average molecular weight is 1260 g/mol. The van der Waals surface area contributed by atoms with Crippen LogP contribution in [-0.4, -0.2) is 237 Å². The molecular formula is C63H82N14O14. The zero-order valence-electron chi connectivity index (χ0n) is 52.2. The fourth-order valence-corrected chi connectivity index (χ4v) is 12.4. The van der Waals surface area contributed by atoms with E-state index in [0.717, 1.165) is 34.0 Å². The minimum absolute atomic E-state index is 0.0148. The van der Waals surface area contributed by atoms with Gasteiger partial charge in [-0.15, -0.1) is 0 Å². The molecule has 0 unspecified atom stereocenters. The van der Waals surface area contributed by atoms with E-state index in [1.165, 1.54) is 55.0 Å². The largest absolute Gasteiger partial charge is 0.505 e. The molecule has 0 bridgehead atoms. The van der Waals surface area contributed by atoms with Crippen LogP contribution in [0.3, 0.4) is 0 Å². The standard InChI is InChI=1S/C63H82N14O14/c1-36(2)54-60(88)64-30-42(70-58(86)52-46(78)28-38-20-10-12-22-40(38)68-52)62(90)76-26-16-14-24-44(76)56(84)67-33-49(81)73(4)35-51(83)75(6)55(37-18-8-7-9-19-37)61(89)65-31-43(71-59(87)53-47(79)29-39-21-11-13-23-41(39)69-53)63(91)77-27-17-15-25-45(77)57(85)66-32-48(80)72(3)34-50(82)74(54)5/h10-13,20-23,28-29,36-37,42-45,54-55,78-79H,7-9,14-19,24-27,30-35H2,1-6H3,(H,64,88)(H,65,89)(H,66,85)(H,67,84)(H,70,86)(H,71,87)/t42-,43-,44+,45+,54+,55+/m1/s1. The van der Waals surface area contributed by atoms with Crippen LogP contribution >= 0.6 is 0 Å². The Bertz CT molecular complexity index is 3450. The number of hydrogen-bond acceptors (Lipinski definition) is 16. The lowest BCUT2D eigenvalue weighted by atomic mass is 9.82. The molecule has 2 aromatic heterocycles. The molecule has 8 rings (SSSR count). The number of carbonyl (C=O) groups excluding carboxylic acids is 12. The summed E-state index contributed by atoms with van der Waals surface area (Å²) in [6.07, 6.45) is 5.56. The molecule has 1 aliphatic carbocycles. The molecule has 4 fully saturated rings. The predicted molar refractivity (Wildman–Crippen MR) is 330 cm³/mol. The second kappa shape index (κ2) is 30.3. The Morgan fingerprint density at radius 3 is 1.38 bits per heavy atom. The van der Waals surface area contributed by atoms with E-state index in [0.29, 0.717) is 60.3 Å². The smallest absolute Gasteiger partial charge is 0.274 e. The van der Waals surface area contributed by atoms with Crippen LogP contribution in [0.25, 0.3) is 21.8 Å². The van der Waals surface area contributed by atoms with Gasteiger partial charge in [0.25, 0.3) is 11.8 Å². The first-order valence-electron chi connectivity index (χ1n) is 30.9. The second-order valence-electron chi connectivity index (χ2n) is 24.2. The fraction of sp³-hybridized carbons (Fsp3) is 0.524. The van der Waals surface area contributed by atoms with Crippen molar-refractivity contribution in [3.05, 3.63) is 72.1 Å². The van der Waals surface area contributed by atoms with Gasteiger partial charge in [0.1, 0.15) is 47.8 Å². The molecule has 1 saturated carbocycles. The summed E-state index contributed by atoms with van der Waals surface area (Å²) in [5.74, 6) is -11.3.